The van der Waals surface area contributed by atoms with Gasteiger partial charge in [0.15, 0.2) is 0 Å². The standard InChI is InChI=1S/C19H24FN/c1-14(2)21-13-18(16-10-8-15(3)9-11-16)12-17-6-4-5-7-19(17)20/h4-11,14,18,21H,12-13H2,1-3H3. The second-order valence-corrected chi connectivity index (χ2v) is 5.97. The van der Waals surface area contributed by atoms with Crippen molar-refractivity contribution in [2.24, 2.45) is 0 Å². The summed E-state index contributed by atoms with van der Waals surface area (Å²) in [5.41, 5.74) is 3.30. The summed E-state index contributed by atoms with van der Waals surface area (Å²) in [6, 6.07) is 16.1. The molecule has 0 spiro atoms. The second kappa shape index (κ2) is 7.37. The lowest BCUT2D eigenvalue weighted by atomic mass is 9.91. The van der Waals surface area contributed by atoms with Crippen LogP contribution in [0.2, 0.25) is 0 Å². The molecule has 0 aliphatic rings. The molecule has 2 rings (SSSR count). The predicted octanol–water partition coefficient (Wildman–Crippen LogP) is 4.46. The van der Waals surface area contributed by atoms with Gasteiger partial charge in [0.1, 0.15) is 5.82 Å². The lowest BCUT2D eigenvalue weighted by molar-refractivity contribution is 0.517. The van der Waals surface area contributed by atoms with Crippen LogP contribution < -0.4 is 5.32 Å². The molecule has 1 N–H and O–H groups in total. The first-order chi connectivity index (χ1) is 10.1. The molecule has 0 saturated heterocycles. The van der Waals surface area contributed by atoms with Crippen molar-refractivity contribution in [3.05, 3.63) is 71.0 Å². The van der Waals surface area contributed by atoms with E-state index in [0.29, 0.717) is 6.04 Å². The molecule has 1 atom stereocenters. The smallest absolute Gasteiger partial charge is 0.126 e. The summed E-state index contributed by atoms with van der Waals surface area (Å²) < 4.78 is 13.9. The van der Waals surface area contributed by atoms with Crippen LogP contribution in [0.5, 0.6) is 0 Å². The van der Waals surface area contributed by atoms with Gasteiger partial charge in [-0.3, -0.25) is 0 Å². The molecular weight excluding hydrogens is 261 g/mol. The topological polar surface area (TPSA) is 12.0 Å². The van der Waals surface area contributed by atoms with Crippen LogP contribution in [0.15, 0.2) is 48.5 Å². The Kier molecular flexibility index (Phi) is 5.51. The van der Waals surface area contributed by atoms with E-state index in [9.17, 15) is 4.39 Å². The van der Waals surface area contributed by atoms with E-state index in [1.54, 1.807) is 6.07 Å². The molecule has 0 radical (unpaired) electrons. The maximum absolute atomic E-state index is 13.9. The number of nitrogens with one attached hydrogen (secondary N) is 1. The van der Waals surface area contributed by atoms with Crippen molar-refractivity contribution >= 4 is 0 Å². The van der Waals surface area contributed by atoms with Crippen molar-refractivity contribution in [1.82, 2.24) is 5.32 Å². The van der Waals surface area contributed by atoms with E-state index in [4.69, 9.17) is 0 Å². The van der Waals surface area contributed by atoms with Gasteiger partial charge in [0.05, 0.1) is 0 Å². The van der Waals surface area contributed by atoms with Gasteiger partial charge < -0.3 is 5.32 Å². The van der Waals surface area contributed by atoms with Crippen LogP contribution in [0, 0.1) is 12.7 Å². The van der Waals surface area contributed by atoms with Gasteiger partial charge in [-0.1, -0.05) is 61.9 Å². The van der Waals surface area contributed by atoms with Crippen LogP contribution in [0.4, 0.5) is 4.39 Å². The first kappa shape index (κ1) is 15.7. The van der Waals surface area contributed by atoms with Crippen molar-refractivity contribution in [3.63, 3.8) is 0 Å². The molecule has 1 unspecified atom stereocenters. The molecule has 0 heterocycles. The van der Waals surface area contributed by atoms with Crippen LogP contribution in [-0.4, -0.2) is 12.6 Å². The number of hydrogen-bond acceptors (Lipinski definition) is 1. The number of halogens is 1. The Morgan fingerprint density at radius 1 is 1.00 bits per heavy atom. The van der Waals surface area contributed by atoms with Gasteiger partial charge in [-0.15, -0.1) is 0 Å². The molecule has 0 bridgehead atoms. The number of benzene rings is 2. The monoisotopic (exact) mass is 285 g/mol. The van der Waals surface area contributed by atoms with Crippen molar-refractivity contribution in [1.29, 1.82) is 0 Å². The minimum atomic E-state index is -0.112. The average molecular weight is 285 g/mol. The highest BCUT2D eigenvalue weighted by Crippen LogP contribution is 2.22. The Morgan fingerprint density at radius 3 is 2.29 bits per heavy atom. The summed E-state index contributed by atoms with van der Waals surface area (Å²) in [6.07, 6.45) is 0.718. The predicted molar refractivity (Wildman–Crippen MR) is 87.2 cm³/mol. The Balaban J connectivity index is 2.19. The van der Waals surface area contributed by atoms with Crippen LogP contribution >= 0.6 is 0 Å². The molecular formula is C19H24FN. The van der Waals surface area contributed by atoms with Crippen molar-refractivity contribution in [3.8, 4) is 0 Å². The number of aryl methyl sites for hydroxylation is 1. The molecule has 2 aromatic rings. The van der Waals surface area contributed by atoms with E-state index in [1.165, 1.54) is 17.2 Å². The zero-order chi connectivity index (χ0) is 15.2. The third-order valence-corrected chi connectivity index (χ3v) is 3.75. The second-order valence-electron chi connectivity index (χ2n) is 5.97. The van der Waals surface area contributed by atoms with Gasteiger partial charge in [-0.2, -0.15) is 0 Å². The molecule has 0 aliphatic heterocycles. The summed E-state index contributed by atoms with van der Waals surface area (Å²) in [5, 5.41) is 3.48. The van der Waals surface area contributed by atoms with Gasteiger partial charge in [0.2, 0.25) is 0 Å². The molecule has 0 aromatic heterocycles. The molecule has 21 heavy (non-hydrogen) atoms. The van der Waals surface area contributed by atoms with E-state index < -0.39 is 0 Å². The third-order valence-electron chi connectivity index (χ3n) is 3.75. The Morgan fingerprint density at radius 2 is 1.67 bits per heavy atom. The first-order valence-corrected chi connectivity index (χ1v) is 7.59. The van der Waals surface area contributed by atoms with Gasteiger partial charge in [0.25, 0.3) is 0 Å². The highest BCUT2D eigenvalue weighted by atomic mass is 19.1. The summed E-state index contributed by atoms with van der Waals surface area (Å²) in [7, 11) is 0. The molecule has 112 valence electrons. The molecule has 2 aromatic carbocycles. The van der Waals surface area contributed by atoms with Crippen molar-refractivity contribution in [2.75, 3.05) is 6.54 Å². The minimum Gasteiger partial charge on any atom is -0.314 e. The average Bonchev–Trinajstić information content (AvgIpc) is 2.46. The molecule has 0 amide bonds. The van der Waals surface area contributed by atoms with Crippen molar-refractivity contribution < 1.29 is 4.39 Å². The molecule has 1 nitrogen and oxygen atoms in total. The molecule has 0 saturated carbocycles. The van der Waals surface area contributed by atoms with Gasteiger partial charge in [0, 0.05) is 18.5 Å². The van der Waals surface area contributed by atoms with Crippen LogP contribution in [0.25, 0.3) is 0 Å². The van der Waals surface area contributed by atoms with E-state index in [-0.39, 0.29) is 11.7 Å². The van der Waals surface area contributed by atoms with E-state index >= 15 is 0 Å². The lowest BCUT2D eigenvalue weighted by Crippen LogP contribution is -2.29. The van der Waals surface area contributed by atoms with Crippen LogP contribution in [0.1, 0.15) is 36.5 Å². The normalized spacial score (nSPS) is 12.6. The highest BCUT2D eigenvalue weighted by Gasteiger charge is 2.15. The fourth-order valence-corrected chi connectivity index (χ4v) is 2.45. The van der Waals surface area contributed by atoms with E-state index in [0.717, 1.165) is 18.5 Å². The summed E-state index contributed by atoms with van der Waals surface area (Å²) in [4.78, 5) is 0. The number of hydrogen-bond donors (Lipinski definition) is 1. The largest absolute Gasteiger partial charge is 0.314 e. The maximum Gasteiger partial charge on any atom is 0.126 e. The Labute approximate surface area is 127 Å². The minimum absolute atomic E-state index is 0.112. The van der Waals surface area contributed by atoms with Crippen LogP contribution in [-0.2, 0) is 6.42 Å². The Bertz CT molecular complexity index is 560. The maximum atomic E-state index is 13.9. The summed E-state index contributed by atoms with van der Waals surface area (Å²) in [5.74, 6) is 0.170. The highest BCUT2D eigenvalue weighted by molar-refractivity contribution is 5.28. The van der Waals surface area contributed by atoms with E-state index in [2.05, 4.69) is 50.4 Å². The zero-order valence-electron chi connectivity index (χ0n) is 13.1. The fraction of sp³-hybridized carbons (Fsp3) is 0.368. The SMILES string of the molecule is Cc1ccc(C(CNC(C)C)Cc2ccccc2F)cc1. The van der Waals surface area contributed by atoms with Gasteiger partial charge in [-0.05, 0) is 30.5 Å². The van der Waals surface area contributed by atoms with Crippen molar-refractivity contribution in [2.45, 2.75) is 39.2 Å². The molecule has 0 fully saturated rings. The lowest BCUT2D eigenvalue weighted by Gasteiger charge is -2.20. The molecule has 2 heteroatoms. The summed E-state index contributed by atoms with van der Waals surface area (Å²) >= 11 is 0. The van der Waals surface area contributed by atoms with Gasteiger partial charge >= 0.3 is 0 Å². The number of rotatable bonds is 6. The van der Waals surface area contributed by atoms with E-state index in [1.807, 2.05) is 12.1 Å². The summed E-state index contributed by atoms with van der Waals surface area (Å²) in [6.45, 7) is 7.21. The fourth-order valence-electron chi connectivity index (χ4n) is 2.45. The first-order valence-electron chi connectivity index (χ1n) is 7.59. The van der Waals surface area contributed by atoms with Crippen LogP contribution in [0.3, 0.4) is 0 Å². The zero-order valence-corrected chi connectivity index (χ0v) is 13.1. The third kappa shape index (κ3) is 4.68. The van der Waals surface area contributed by atoms with Gasteiger partial charge in [-0.25, -0.2) is 4.39 Å². The quantitative estimate of drug-likeness (QED) is 0.826. The Hall–Kier alpha value is -1.67. The molecule has 0 aliphatic carbocycles.